The standard InChI is InChI=1S/C13H15N5O5S.C10H11FN2O4S/c1-8-15-16-12(23-8)14-10-7-9(3-4-11(10)18(19)20)24(21,22)17-13(2)5-6-13;1-10(4-5-10)12-18(16,17)7-2-3-9(13(14)15)8(11)6-7/h3-4,7,17H,5-6H2,1-2H3,(H,14,16);2-3,6,12H,4-5H2,1H3. The van der Waals surface area contributed by atoms with Crippen LogP contribution in [0, 0.1) is 33.0 Å². The van der Waals surface area contributed by atoms with Crippen molar-refractivity contribution in [1.29, 1.82) is 0 Å². The molecule has 0 bridgehead atoms. The zero-order valence-electron chi connectivity index (χ0n) is 22.5. The van der Waals surface area contributed by atoms with E-state index in [9.17, 15) is 41.5 Å². The Labute approximate surface area is 239 Å². The van der Waals surface area contributed by atoms with Crippen LogP contribution in [0.15, 0.2) is 50.6 Å². The predicted octanol–water partition coefficient (Wildman–Crippen LogP) is 3.43. The summed E-state index contributed by atoms with van der Waals surface area (Å²) in [5.74, 6) is -0.893. The fraction of sp³-hybridized carbons (Fsp3) is 0.391. The van der Waals surface area contributed by atoms with E-state index < -0.39 is 52.5 Å². The van der Waals surface area contributed by atoms with Crippen molar-refractivity contribution in [2.45, 2.75) is 67.3 Å². The van der Waals surface area contributed by atoms with Crippen LogP contribution in [-0.4, -0.2) is 48.0 Å². The number of rotatable bonds is 10. The highest BCUT2D eigenvalue weighted by Gasteiger charge is 2.42. The summed E-state index contributed by atoms with van der Waals surface area (Å²) in [6.07, 6.45) is 2.96. The third-order valence-corrected chi connectivity index (χ3v) is 9.70. The summed E-state index contributed by atoms with van der Waals surface area (Å²) in [6.45, 7) is 5.11. The molecule has 2 aliphatic carbocycles. The number of nitrogens with zero attached hydrogens (tertiary/aromatic N) is 4. The largest absolute Gasteiger partial charge is 0.408 e. The van der Waals surface area contributed by atoms with Crippen molar-refractivity contribution in [2.24, 2.45) is 0 Å². The minimum absolute atomic E-state index is 0.0486. The van der Waals surface area contributed by atoms with Crippen LogP contribution in [0.1, 0.15) is 45.4 Å². The lowest BCUT2D eigenvalue weighted by Gasteiger charge is -2.13. The van der Waals surface area contributed by atoms with Gasteiger partial charge in [0.2, 0.25) is 31.8 Å². The van der Waals surface area contributed by atoms with E-state index in [-0.39, 0.29) is 33.1 Å². The van der Waals surface area contributed by atoms with Gasteiger partial charge >= 0.3 is 11.7 Å². The Kier molecular flexibility index (Phi) is 8.06. The van der Waals surface area contributed by atoms with Gasteiger partial charge in [0, 0.05) is 36.2 Å². The average molecular weight is 628 g/mol. The van der Waals surface area contributed by atoms with E-state index in [1.807, 2.05) is 0 Å². The number of benzene rings is 2. The fourth-order valence-electron chi connectivity index (χ4n) is 3.55. The summed E-state index contributed by atoms with van der Waals surface area (Å²) in [4.78, 5) is 19.7. The molecule has 0 radical (unpaired) electrons. The molecule has 16 nitrogen and oxygen atoms in total. The first-order valence-electron chi connectivity index (χ1n) is 12.3. The minimum atomic E-state index is -3.83. The Bertz CT molecular complexity index is 1770. The molecule has 19 heteroatoms. The van der Waals surface area contributed by atoms with E-state index in [1.54, 1.807) is 20.8 Å². The van der Waals surface area contributed by atoms with Crippen molar-refractivity contribution in [3.63, 3.8) is 0 Å². The van der Waals surface area contributed by atoms with E-state index in [0.29, 0.717) is 6.07 Å². The van der Waals surface area contributed by atoms with Crippen LogP contribution in [0.5, 0.6) is 0 Å². The molecule has 3 N–H and O–H groups in total. The summed E-state index contributed by atoms with van der Waals surface area (Å²) >= 11 is 0. The second-order valence-electron chi connectivity index (χ2n) is 10.4. The van der Waals surface area contributed by atoms with Crippen LogP contribution in [-0.2, 0) is 20.0 Å². The Morgan fingerprint density at radius 1 is 0.833 bits per heavy atom. The highest BCUT2D eigenvalue weighted by atomic mass is 32.2. The van der Waals surface area contributed by atoms with Crippen molar-refractivity contribution in [3.8, 4) is 0 Å². The molecule has 1 heterocycles. The molecule has 226 valence electrons. The lowest BCUT2D eigenvalue weighted by Crippen LogP contribution is -2.34. The molecule has 2 fully saturated rings. The van der Waals surface area contributed by atoms with Gasteiger partial charge in [0.05, 0.1) is 19.6 Å². The number of sulfonamides is 2. The van der Waals surface area contributed by atoms with Crippen molar-refractivity contribution in [3.05, 3.63) is 68.3 Å². The third-order valence-electron chi connectivity index (χ3n) is 6.43. The summed E-state index contributed by atoms with van der Waals surface area (Å²) in [7, 11) is -7.62. The van der Waals surface area contributed by atoms with Gasteiger partial charge in [0.1, 0.15) is 5.69 Å². The molecule has 2 aliphatic rings. The first-order chi connectivity index (χ1) is 19.4. The van der Waals surface area contributed by atoms with Crippen molar-refractivity contribution in [2.75, 3.05) is 5.32 Å². The molecule has 0 saturated heterocycles. The van der Waals surface area contributed by atoms with Gasteiger partial charge in [0.15, 0.2) is 0 Å². The van der Waals surface area contributed by atoms with Gasteiger partial charge in [-0.05, 0) is 57.7 Å². The highest BCUT2D eigenvalue weighted by Crippen LogP contribution is 2.37. The van der Waals surface area contributed by atoms with Crippen LogP contribution in [0.25, 0.3) is 0 Å². The molecular weight excluding hydrogens is 601 g/mol. The van der Waals surface area contributed by atoms with Gasteiger partial charge < -0.3 is 9.73 Å². The Hall–Kier alpha value is -4.07. The quantitative estimate of drug-likeness (QED) is 0.217. The molecule has 0 spiro atoms. The number of anilines is 2. The first kappa shape index (κ1) is 30.9. The van der Waals surface area contributed by atoms with E-state index in [1.165, 1.54) is 12.1 Å². The number of halogens is 1. The van der Waals surface area contributed by atoms with Crippen LogP contribution in [0.4, 0.5) is 27.5 Å². The summed E-state index contributed by atoms with van der Waals surface area (Å²) in [6, 6.07) is 5.95. The average Bonchev–Trinajstić information content (AvgIpc) is 3.75. The van der Waals surface area contributed by atoms with Gasteiger partial charge in [-0.2, -0.15) is 4.39 Å². The molecular formula is C23H26FN7O9S2. The molecule has 2 aromatic carbocycles. The molecule has 3 aromatic rings. The van der Waals surface area contributed by atoms with E-state index in [0.717, 1.165) is 43.9 Å². The van der Waals surface area contributed by atoms with Crippen molar-refractivity contribution < 1.29 is 35.5 Å². The molecule has 1 aromatic heterocycles. The maximum absolute atomic E-state index is 13.3. The second-order valence-corrected chi connectivity index (χ2v) is 13.8. The normalized spacial score (nSPS) is 16.6. The van der Waals surface area contributed by atoms with Gasteiger partial charge in [0.25, 0.3) is 5.69 Å². The lowest BCUT2D eigenvalue weighted by molar-refractivity contribution is -0.387. The van der Waals surface area contributed by atoms with Crippen molar-refractivity contribution in [1.82, 2.24) is 19.6 Å². The molecule has 42 heavy (non-hydrogen) atoms. The van der Waals surface area contributed by atoms with Crippen LogP contribution in [0.2, 0.25) is 0 Å². The number of nitrogens with one attached hydrogen (secondary N) is 3. The van der Waals surface area contributed by atoms with E-state index in [2.05, 4.69) is 25.0 Å². The monoisotopic (exact) mass is 627 g/mol. The maximum atomic E-state index is 13.3. The number of aryl methyl sites for hydroxylation is 1. The lowest BCUT2D eigenvalue weighted by atomic mass is 10.2. The molecule has 0 amide bonds. The van der Waals surface area contributed by atoms with Gasteiger partial charge in [-0.15, -0.1) is 5.10 Å². The Morgan fingerprint density at radius 2 is 1.31 bits per heavy atom. The summed E-state index contributed by atoms with van der Waals surface area (Å²) < 4.78 is 72.1. The zero-order valence-corrected chi connectivity index (χ0v) is 24.1. The topological polar surface area (TPSA) is 230 Å². The number of aromatic nitrogens is 2. The molecule has 0 atom stereocenters. The molecule has 2 saturated carbocycles. The van der Waals surface area contributed by atoms with Crippen LogP contribution >= 0.6 is 0 Å². The fourth-order valence-corrected chi connectivity index (χ4v) is 6.52. The molecule has 0 aliphatic heterocycles. The smallest absolute Gasteiger partial charge is 0.320 e. The van der Waals surface area contributed by atoms with E-state index in [4.69, 9.17) is 4.42 Å². The van der Waals surface area contributed by atoms with Gasteiger partial charge in [-0.3, -0.25) is 20.2 Å². The number of nitro benzene ring substituents is 2. The van der Waals surface area contributed by atoms with Crippen molar-refractivity contribution >= 4 is 43.1 Å². The molecule has 0 unspecified atom stereocenters. The van der Waals surface area contributed by atoms with Crippen LogP contribution < -0.4 is 14.8 Å². The zero-order chi connectivity index (χ0) is 31.1. The first-order valence-corrected chi connectivity index (χ1v) is 15.3. The number of nitro groups is 2. The van der Waals surface area contributed by atoms with Gasteiger partial charge in [-0.1, -0.05) is 5.10 Å². The minimum Gasteiger partial charge on any atom is -0.408 e. The molecule has 5 rings (SSSR count). The third kappa shape index (κ3) is 7.41. The summed E-state index contributed by atoms with van der Waals surface area (Å²) in [5.41, 5.74) is -2.02. The summed E-state index contributed by atoms with van der Waals surface area (Å²) in [5, 5.41) is 31.5. The SMILES string of the molecule is CC1(NS(=O)(=O)c2ccc([N+](=O)[O-])c(F)c2)CC1.Cc1nnc(Nc2cc(S(=O)(=O)NC3(C)CC3)ccc2[N+](=O)[O-])o1. The highest BCUT2D eigenvalue weighted by molar-refractivity contribution is 7.89. The predicted molar refractivity (Wildman–Crippen MR) is 144 cm³/mol. The van der Waals surface area contributed by atoms with Crippen LogP contribution in [0.3, 0.4) is 0 Å². The maximum Gasteiger partial charge on any atom is 0.320 e. The van der Waals surface area contributed by atoms with Gasteiger partial charge in [-0.25, -0.2) is 26.3 Å². The Morgan fingerprint density at radius 3 is 1.71 bits per heavy atom. The Balaban J connectivity index is 0.000000201. The number of hydrogen-bond donors (Lipinski definition) is 3. The van der Waals surface area contributed by atoms with E-state index >= 15 is 0 Å². The second kappa shape index (κ2) is 11.0. The number of hydrogen-bond acceptors (Lipinski definition) is 12.